The number of nitrogens with zero attached hydrogens (tertiary/aromatic N) is 2. The van der Waals surface area contributed by atoms with Crippen molar-refractivity contribution in [3.63, 3.8) is 0 Å². The van der Waals surface area contributed by atoms with Gasteiger partial charge in [-0.25, -0.2) is 0 Å². The molecule has 1 heterocycles. The molecule has 2 rings (SSSR count). The van der Waals surface area contributed by atoms with Crippen molar-refractivity contribution >= 4 is 34.3 Å². The highest BCUT2D eigenvalue weighted by atomic mass is 127. The summed E-state index contributed by atoms with van der Waals surface area (Å²) in [5.41, 5.74) is 7.29. The van der Waals surface area contributed by atoms with Crippen molar-refractivity contribution < 1.29 is 10.0 Å². The molecular formula is C15H20IN3O2. The third-order valence-corrected chi connectivity index (χ3v) is 5.73. The first-order chi connectivity index (χ1) is 9.89. The second kappa shape index (κ2) is 6.21. The van der Waals surface area contributed by atoms with Crippen LogP contribution in [0.5, 0.6) is 0 Å². The highest BCUT2D eigenvalue weighted by Crippen LogP contribution is 2.32. The van der Waals surface area contributed by atoms with Crippen LogP contribution in [-0.2, 0) is 0 Å². The minimum Gasteiger partial charge on any atom is -0.409 e. The molecule has 1 fully saturated rings. The summed E-state index contributed by atoms with van der Waals surface area (Å²) in [6, 6.07) is 5.79. The Morgan fingerprint density at radius 3 is 2.62 bits per heavy atom. The molecule has 0 atom stereocenters. The Kier molecular flexibility index (Phi) is 4.75. The molecule has 1 aliphatic rings. The molecule has 0 aromatic heterocycles. The molecule has 0 spiro atoms. The van der Waals surface area contributed by atoms with Crippen LogP contribution in [-0.4, -0.2) is 34.9 Å². The molecule has 0 bridgehead atoms. The molecule has 6 heteroatoms. The zero-order valence-corrected chi connectivity index (χ0v) is 14.4. The third-order valence-electron chi connectivity index (χ3n) is 4.30. The van der Waals surface area contributed by atoms with Gasteiger partial charge in [-0.3, -0.25) is 4.79 Å². The molecule has 0 radical (unpaired) electrons. The van der Waals surface area contributed by atoms with Crippen LogP contribution in [0.15, 0.2) is 23.4 Å². The van der Waals surface area contributed by atoms with Crippen LogP contribution in [0.2, 0.25) is 0 Å². The van der Waals surface area contributed by atoms with Gasteiger partial charge in [-0.1, -0.05) is 24.2 Å². The number of benzene rings is 1. The maximum atomic E-state index is 12.6. The zero-order chi connectivity index (χ0) is 15.6. The number of halogens is 1. The van der Waals surface area contributed by atoms with Crippen LogP contribution >= 0.6 is 22.6 Å². The van der Waals surface area contributed by atoms with E-state index in [1.165, 1.54) is 0 Å². The van der Waals surface area contributed by atoms with Crippen LogP contribution in [0.3, 0.4) is 0 Å². The van der Waals surface area contributed by atoms with Gasteiger partial charge in [0.1, 0.15) is 5.84 Å². The fraction of sp³-hybridized carbons (Fsp3) is 0.467. The Hall–Kier alpha value is -1.31. The second-order valence-electron chi connectivity index (χ2n) is 5.77. The number of carbonyl (C=O) groups excluding carboxylic acids is 1. The Labute approximate surface area is 138 Å². The minimum absolute atomic E-state index is 0.0599. The number of rotatable bonds is 2. The monoisotopic (exact) mass is 401 g/mol. The van der Waals surface area contributed by atoms with Gasteiger partial charge in [-0.15, -0.1) is 0 Å². The Balaban J connectivity index is 2.12. The van der Waals surface area contributed by atoms with Crippen LogP contribution in [0.1, 0.15) is 35.7 Å². The van der Waals surface area contributed by atoms with Crippen LogP contribution in [0.4, 0.5) is 0 Å². The van der Waals surface area contributed by atoms with E-state index in [0.717, 1.165) is 14.7 Å². The number of likely N-dealkylation sites (tertiary alicyclic amines) is 1. The molecule has 1 aromatic rings. The molecule has 0 saturated carbocycles. The second-order valence-corrected chi connectivity index (χ2v) is 6.85. The Bertz CT molecular complexity index is 578. The van der Waals surface area contributed by atoms with Gasteiger partial charge in [-0.05, 0) is 54.0 Å². The van der Waals surface area contributed by atoms with Crippen LogP contribution in [0.25, 0.3) is 0 Å². The van der Waals surface area contributed by atoms with Gasteiger partial charge < -0.3 is 15.8 Å². The van der Waals surface area contributed by atoms with Gasteiger partial charge in [-0.2, -0.15) is 0 Å². The van der Waals surface area contributed by atoms with Gasteiger partial charge in [0.05, 0.1) is 5.56 Å². The smallest absolute Gasteiger partial charge is 0.254 e. The quantitative estimate of drug-likeness (QED) is 0.263. The molecule has 21 heavy (non-hydrogen) atoms. The number of amides is 1. The summed E-state index contributed by atoms with van der Waals surface area (Å²) in [6.45, 7) is 5.22. The minimum atomic E-state index is -0.328. The number of hydrogen-bond acceptors (Lipinski definition) is 3. The predicted octanol–water partition coefficient (Wildman–Crippen LogP) is 2.59. The SMILES string of the molecule is Cc1cccc(C(=O)N2CCC(C)(/C(N)=N/O)CC2)c1I. The van der Waals surface area contributed by atoms with Crippen LogP contribution in [0, 0.1) is 15.9 Å². The van der Waals surface area contributed by atoms with E-state index in [9.17, 15) is 4.79 Å². The average molecular weight is 401 g/mol. The summed E-state index contributed by atoms with van der Waals surface area (Å²) in [4.78, 5) is 14.5. The van der Waals surface area contributed by atoms with E-state index in [1.807, 2.05) is 36.9 Å². The molecule has 3 N–H and O–H groups in total. The maximum absolute atomic E-state index is 12.6. The zero-order valence-electron chi connectivity index (χ0n) is 12.3. The largest absolute Gasteiger partial charge is 0.409 e. The lowest BCUT2D eigenvalue weighted by molar-refractivity contribution is 0.0665. The summed E-state index contributed by atoms with van der Waals surface area (Å²) in [7, 11) is 0. The molecule has 1 saturated heterocycles. The van der Waals surface area contributed by atoms with E-state index >= 15 is 0 Å². The Morgan fingerprint density at radius 2 is 2.05 bits per heavy atom. The average Bonchev–Trinajstić information content (AvgIpc) is 2.49. The number of hydrogen-bond donors (Lipinski definition) is 2. The number of oxime groups is 1. The van der Waals surface area contributed by atoms with Crippen molar-refractivity contribution in [2.45, 2.75) is 26.7 Å². The van der Waals surface area contributed by atoms with Crippen molar-refractivity contribution in [2.24, 2.45) is 16.3 Å². The van der Waals surface area contributed by atoms with E-state index in [0.29, 0.717) is 25.9 Å². The maximum Gasteiger partial charge on any atom is 0.254 e. The van der Waals surface area contributed by atoms with Gasteiger partial charge in [0.2, 0.25) is 0 Å². The van der Waals surface area contributed by atoms with Gasteiger partial charge in [0, 0.05) is 22.1 Å². The number of carbonyl (C=O) groups is 1. The fourth-order valence-corrected chi connectivity index (χ4v) is 3.15. The van der Waals surface area contributed by atoms with E-state index in [-0.39, 0.29) is 17.2 Å². The van der Waals surface area contributed by atoms with E-state index in [2.05, 4.69) is 27.7 Å². The molecule has 5 nitrogen and oxygen atoms in total. The lowest BCUT2D eigenvalue weighted by Crippen LogP contribution is -2.47. The van der Waals surface area contributed by atoms with E-state index in [4.69, 9.17) is 10.9 Å². The first-order valence-electron chi connectivity index (χ1n) is 6.91. The summed E-state index contributed by atoms with van der Waals surface area (Å²) >= 11 is 2.22. The van der Waals surface area contributed by atoms with Gasteiger partial charge in [0.15, 0.2) is 0 Å². The summed E-state index contributed by atoms with van der Waals surface area (Å²) in [6.07, 6.45) is 1.41. The van der Waals surface area contributed by atoms with Gasteiger partial charge in [0.25, 0.3) is 5.91 Å². The van der Waals surface area contributed by atoms with Crippen molar-refractivity contribution in [3.05, 3.63) is 32.9 Å². The van der Waals surface area contributed by atoms with E-state index < -0.39 is 0 Å². The molecule has 1 amide bonds. The normalized spacial score (nSPS) is 18.6. The molecule has 1 aromatic carbocycles. The van der Waals surface area contributed by atoms with Crippen LogP contribution < -0.4 is 5.73 Å². The third kappa shape index (κ3) is 3.14. The number of nitrogens with two attached hydrogens (primary N) is 1. The van der Waals surface area contributed by atoms with Crippen molar-refractivity contribution in [1.82, 2.24) is 4.90 Å². The molecule has 0 aliphatic carbocycles. The summed E-state index contributed by atoms with van der Waals surface area (Å²) in [5.74, 6) is 0.310. The first-order valence-corrected chi connectivity index (χ1v) is 7.99. The fourth-order valence-electron chi connectivity index (χ4n) is 2.56. The summed E-state index contributed by atoms with van der Waals surface area (Å²) in [5, 5.41) is 12.0. The topological polar surface area (TPSA) is 78.9 Å². The standard InChI is InChI=1S/C15H20IN3O2/c1-10-4-3-5-11(12(10)16)13(20)19-8-6-15(2,7-9-19)14(17)18-21/h3-5,21H,6-9H2,1-2H3,(H2,17,18). The summed E-state index contributed by atoms with van der Waals surface area (Å²) < 4.78 is 1.00. The van der Waals surface area contributed by atoms with Gasteiger partial charge >= 0.3 is 0 Å². The lowest BCUT2D eigenvalue weighted by atomic mass is 9.79. The van der Waals surface area contributed by atoms with E-state index in [1.54, 1.807) is 0 Å². The molecular weight excluding hydrogens is 381 g/mol. The molecule has 114 valence electrons. The molecule has 1 aliphatic heterocycles. The Morgan fingerprint density at radius 1 is 1.43 bits per heavy atom. The highest BCUT2D eigenvalue weighted by Gasteiger charge is 2.36. The molecule has 0 unspecified atom stereocenters. The first kappa shape index (κ1) is 16.1. The number of amidine groups is 1. The van der Waals surface area contributed by atoms with Crippen molar-refractivity contribution in [2.75, 3.05) is 13.1 Å². The lowest BCUT2D eigenvalue weighted by Gasteiger charge is -2.38. The van der Waals surface area contributed by atoms with Crippen molar-refractivity contribution in [1.29, 1.82) is 0 Å². The van der Waals surface area contributed by atoms with Crippen molar-refractivity contribution in [3.8, 4) is 0 Å². The highest BCUT2D eigenvalue weighted by molar-refractivity contribution is 14.1. The predicted molar refractivity (Wildman–Crippen MR) is 90.5 cm³/mol. The number of piperidine rings is 1. The number of aryl methyl sites for hydroxylation is 1.